The van der Waals surface area contributed by atoms with E-state index in [2.05, 4.69) is 10.1 Å². The van der Waals surface area contributed by atoms with Crippen LogP contribution in [0.3, 0.4) is 0 Å². The zero-order valence-corrected chi connectivity index (χ0v) is 14.3. The predicted molar refractivity (Wildman–Crippen MR) is 88.5 cm³/mol. The van der Waals surface area contributed by atoms with Gasteiger partial charge < -0.3 is 19.1 Å². The van der Waals surface area contributed by atoms with E-state index in [1.807, 2.05) is 11.0 Å². The Balaban J connectivity index is 1.71. The molecule has 0 amide bonds. The average Bonchev–Trinajstić information content (AvgIpc) is 3.09. The molecule has 8 nitrogen and oxygen atoms in total. The Bertz CT molecular complexity index is 746. The molecule has 25 heavy (non-hydrogen) atoms. The van der Waals surface area contributed by atoms with Crippen LogP contribution >= 0.6 is 0 Å². The molecule has 3 rings (SSSR count). The number of rotatable bonds is 6. The summed E-state index contributed by atoms with van der Waals surface area (Å²) >= 11 is 0. The Morgan fingerprint density at radius 1 is 1.36 bits per heavy atom. The topological polar surface area (TPSA) is 97.9 Å². The van der Waals surface area contributed by atoms with E-state index < -0.39 is 5.97 Å². The lowest BCUT2D eigenvalue weighted by Gasteiger charge is -2.29. The number of ether oxygens (including phenoxy) is 2. The van der Waals surface area contributed by atoms with Crippen LogP contribution in [0.25, 0.3) is 11.4 Å². The summed E-state index contributed by atoms with van der Waals surface area (Å²) in [4.78, 5) is 17.6. The van der Waals surface area contributed by atoms with Crippen molar-refractivity contribution < 1.29 is 23.9 Å². The summed E-state index contributed by atoms with van der Waals surface area (Å²) in [5.74, 6) is 1.07. The SMILES string of the molecule is COc1ccc(-c2noc(CN3CCCC(C(=O)O)C3)n2)cc1OC. The molecule has 2 heterocycles. The van der Waals surface area contributed by atoms with E-state index in [4.69, 9.17) is 19.1 Å². The number of likely N-dealkylation sites (tertiary alicyclic amines) is 1. The zero-order chi connectivity index (χ0) is 17.8. The van der Waals surface area contributed by atoms with Crippen LogP contribution in [0.2, 0.25) is 0 Å². The fourth-order valence-corrected chi connectivity index (χ4v) is 3.00. The summed E-state index contributed by atoms with van der Waals surface area (Å²) in [6, 6.07) is 5.40. The molecule has 1 saturated heterocycles. The zero-order valence-electron chi connectivity index (χ0n) is 14.3. The van der Waals surface area contributed by atoms with Crippen LogP contribution in [0.1, 0.15) is 18.7 Å². The van der Waals surface area contributed by atoms with Crippen molar-refractivity contribution in [2.24, 2.45) is 5.92 Å². The third kappa shape index (κ3) is 3.90. The van der Waals surface area contributed by atoms with Crippen LogP contribution in [0.15, 0.2) is 22.7 Å². The summed E-state index contributed by atoms with van der Waals surface area (Å²) in [5.41, 5.74) is 0.759. The van der Waals surface area contributed by atoms with Crippen LogP contribution in [0.5, 0.6) is 11.5 Å². The van der Waals surface area contributed by atoms with Crippen molar-refractivity contribution in [1.29, 1.82) is 0 Å². The van der Waals surface area contributed by atoms with E-state index in [1.165, 1.54) is 0 Å². The summed E-state index contributed by atoms with van der Waals surface area (Å²) in [6.45, 7) is 1.78. The van der Waals surface area contributed by atoms with Gasteiger partial charge in [-0.05, 0) is 37.6 Å². The minimum Gasteiger partial charge on any atom is -0.493 e. The molecule has 1 atom stereocenters. The lowest BCUT2D eigenvalue weighted by Crippen LogP contribution is -2.38. The van der Waals surface area contributed by atoms with Crippen molar-refractivity contribution in [1.82, 2.24) is 15.0 Å². The number of carbonyl (C=O) groups is 1. The maximum atomic E-state index is 11.2. The number of carboxylic acids is 1. The van der Waals surface area contributed by atoms with Gasteiger partial charge in [-0.1, -0.05) is 5.16 Å². The van der Waals surface area contributed by atoms with Gasteiger partial charge in [0.2, 0.25) is 11.7 Å². The standard InChI is InChI=1S/C17H21N3O5/c1-23-13-6-5-11(8-14(13)24-2)16-18-15(25-19-16)10-20-7-3-4-12(9-20)17(21)22/h5-6,8,12H,3-4,7,9-10H2,1-2H3,(H,21,22). The van der Waals surface area contributed by atoms with E-state index in [1.54, 1.807) is 26.4 Å². The highest BCUT2D eigenvalue weighted by Crippen LogP contribution is 2.31. The highest BCUT2D eigenvalue weighted by Gasteiger charge is 2.26. The Labute approximate surface area is 145 Å². The molecule has 1 N–H and O–H groups in total. The van der Waals surface area contributed by atoms with Crippen LogP contribution in [-0.2, 0) is 11.3 Å². The van der Waals surface area contributed by atoms with Crippen LogP contribution in [-0.4, -0.2) is 53.4 Å². The van der Waals surface area contributed by atoms with Crippen molar-refractivity contribution in [2.75, 3.05) is 27.3 Å². The molecule has 134 valence electrons. The maximum Gasteiger partial charge on any atom is 0.307 e. The molecule has 1 unspecified atom stereocenters. The van der Waals surface area contributed by atoms with Crippen LogP contribution in [0, 0.1) is 5.92 Å². The summed E-state index contributed by atoms with van der Waals surface area (Å²) in [6.07, 6.45) is 1.57. The molecule has 8 heteroatoms. The van der Waals surface area contributed by atoms with E-state index in [0.717, 1.165) is 18.5 Å². The lowest BCUT2D eigenvalue weighted by atomic mass is 9.98. The summed E-state index contributed by atoms with van der Waals surface area (Å²) in [5, 5.41) is 13.2. The van der Waals surface area contributed by atoms with E-state index >= 15 is 0 Å². The van der Waals surface area contributed by atoms with Crippen molar-refractivity contribution >= 4 is 5.97 Å². The Kier molecular flexibility index (Phi) is 5.18. The molecule has 1 aliphatic rings. The predicted octanol–water partition coefficient (Wildman–Crippen LogP) is 2.05. The molecule has 1 aromatic carbocycles. The van der Waals surface area contributed by atoms with Gasteiger partial charge in [0, 0.05) is 12.1 Å². The first kappa shape index (κ1) is 17.2. The molecule has 0 radical (unpaired) electrons. The van der Waals surface area contributed by atoms with E-state index in [9.17, 15) is 4.79 Å². The quantitative estimate of drug-likeness (QED) is 0.848. The first-order chi connectivity index (χ1) is 12.1. The fraction of sp³-hybridized carbons (Fsp3) is 0.471. The second kappa shape index (κ2) is 7.52. The Morgan fingerprint density at radius 2 is 2.16 bits per heavy atom. The van der Waals surface area contributed by atoms with E-state index in [-0.39, 0.29) is 5.92 Å². The van der Waals surface area contributed by atoms with Gasteiger partial charge in [0.15, 0.2) is 11.5 Å². The minimum atomic E-state index is -0.749. The number of carboxylic acid groups (broad SMARTS) is 1. The molecule has 1 aliphatic heterocycles. The van der Waals surface area contributed by atoms with Gasteiger partial charge in [-0.15, -0.1) is 0 Å². The average molecular weight is 347 g/mol. The molecular formula is C17H21N3O5. The normalized spacial score (nSPS) is 18.1. The molecule has 0 spiro atoms. The first-order valence-electron chi connectivity index (χ1n) is 8.11. The van der Waals surface area contributed by atoms with Crippen molar-refractivity contribution in [3.63, 3.8) is 0 Å². The van der Waals surface area contributed by atoms with Gasteiger partial charge in [-0.25, -0.2) is 0 Å². The largest absolute Gasteiger partial charge is 0.493 e. The van der Waals surface area contributed by atoms with E-state index in [0.29, 0.717) is 42.7 Å². The number of hydrogen-bond donors (Lipinski definition) is 1. The third-order valence-corrected chi connectivity index (χ3v) is 4.32. The molecule has 0 saturated carbocycles. The molecular weight excluding hydrogens is 326 g/mol. The highest BCUT2D eigenvalue weighted by atomic mass is 16.5. The number of hydrogen-bond acceptors (Lipinski definition) is 7. The first-order valence-corrected chi connectivity index (χ1v) is 8.11. The smallest absolute Gasteiger partial charge is 0.307 e. The Hall–Kier alpha value is -2.61. The van der Waals surface area contributed by atoms with Crippen LogP contribution < -0.4 is 9.47 Å². The summed E-state index contributed by atoms with van der Waals surface area (Å²) in [7, 11) is 3.14. The van der Waals surface area contributed by atoms with Crippen molar-refractivity contribution in [3.8, 4) is 22.9 Å². The molecule has 1 fully saturated rings. The second-order valence-corrected chi connectivity index (χ2v) is 5.99. The second-order valence-electron chi connectivity index (χ2n) is 5.99. The van der Waals surface area contributed by atoms with Crippen molar-refractivity contribution in [2.45, 2.75) is 19.4 Å². The monoisotopic (exact) mass is 347 g/mol. The molecule has 2 aromatic rings. The van der Waals surface area contributed by atoms with Gasteiger partial charge in [0.25, 0.3) is 0 Å². The van der Waals surface area contributed by atoms with Gasteiger partial charge in [-0.2, -0.15) is 4.98 Å². The Morgan fingerprint density at radius 3 is 2.88 bits per heavy atom. The minimum absolute atomic E-state index is 0.331. The van der Waals surface area contributed by atoms with Gasteiger partial charge in [-0.3, -0.25) is 9.69 Å². The number of methoxy groups -OCH3 is 2. The third-order valence-electron chi connectivity index (χ3n) is 4.32. The maximum absolute atomic E-state index is 11.2. The lowest BCUT2D eigenvalue weighted by molar-refractivity contribution is -0.143. The number of aliphatic carboxylic acids is 1. The number of nitrogens with zero attached hydrogens (tertiary/aromatic N) is 3. The molecule has 1 aromatic heterocycles. The number of benzene rings is 1. The number of piperidine rings is 1. The van der Waals surface area contributed by atoms with Crippen molar-refractivity contribution in [3.05, 3.63) is 24.1 Å². The molecule has 0 bridgehead atoms. The van der Waals surface area contributed by atoms with Gasteiger partial charge >= 0.3 is 5.97 Å². The molecule has 0 aliphatic carbocycles. The van der Waals surface area contributed by atoms with Gasteiger partial charge in [0.05, 0.1) is 26.7 Å². The van der Waals surface area contributed by atoms with Gasteiger partial charge in [0.1, 0.15) is 0 Å². The summed E-state index contributed by atoms with van der Waals surface area (Å²) < 4.78 is 15.8. The highest BCUT2D eigenvalue weighted by molar-refractivity contribution is 5.70. The number of aromatic nitrogens is 2. The fourth-order valence-electron chi connectivity index (χ4n) is 3.00. The van der Waals surface area contributed by atoms with Crippen LogP contribution in [0.4, 0.5) is 0 Å².